The molecule has 0 radical (unpaired) electrons. The lowest BCUT2D eigenvalue weighted by Crippen LogP contribution is -2.30. The van der Waals surface area contributed by atoms with E-state index in [4.69, 9.17) is 16.0 Å². The second-order valence-electron chi connectivity index (χ2n) is 7.10. The normalized spacial score (nSPS) is 15.0. The van der Waals surface area contributed by atoms with Crippen molar-refractivity contribution in [3.63, 3.8) is 0 Å². The number of carbonyl (C=O) groups excluding carboxylic acids is 1. The number of hydrogen-bond donors (Lipinski definition) is 1. The lowest BCUT2D eigenvalue weighted by atomic mass is 10.2. The van der Waals surface area contributed by atoms with E-state index < -0.39 is 15.8 Å². The predicted octanol–water partition coefficient (Wildman–Crippen LogP) is 2.35. The molecule has 1 saturated heterocycles. The molecule has 1 aliphatic rings. The van der Waals surface area contributed by atoms with E-state index in [2.05, 4.69) is 5.32 Å². The zero-order valence-corrected chi connectivity index (χ0v) is 17.6. The molecule has 0 atom stereocenters. The van der Waals surface area contributed by atoms with E-state index in [-0.39, 0.29) is 22.9 Å². The molecule has 1 fully saturated rings. The van der Waals surface area contributed by atoms with Crippen LogP contribution in [0.4, 0.5) is 0 Å². The fraction of sp³-hybridized carbons (Fsp3) is 0.300. The Morgan fingerprint density at radius 2 is 1.80 bits per heavy atom. The van der Waals surface area contributed by atoms with Crippen LogP contribution in [-0.2, 0) is 27.9 Å². The van der Waals surface area contributed by atoms with Gasteiger partial charge in [-0.15, -0.1) is 0 Å². The molecule has 4 rings (SSSR count). The van der Waals surface area contributed by atoms with Crippen LogP contribution in [0.3, 0.4) is 0 Å². The molecule has 0 aliphatic carbocycles. The topological polar surface area (TPSA) is 102 Å². The number of carbonyl (C=O) groups is 1. The van der Waals surface area contributed by atoms with Crippen molar-refractivity contribution in [2.45, 2.75) is 30.8 Å². The summed E-state index contributed by atoms with van der Waals surface area (Å²) in [4.78, 5) is 24.6. The summed E-state index contributed by atoms with van der Waals surface area (Å²) in [5, 5.41) is 3.34. The van der Waals surface area contributed by atoms with Crippen LogP contribution in [0.15, 0.2) is 56.6 Å². The van der Waals surface area contributed by atoms with Gasteiger partial charge in [0.15, 0.2) is 5.58 Å². The number of amides is 1. The molecule has 1 amide bonds. The van der Waals surface area contributed by atoms with Crippen molar-refractivity contribution in [2.75, 3.05) is 13.1 Å². The Morgan fingerprint density at radius 1 is 1.10 bits per heavy atom. The minimum Gasteiger partial charge on any atom is -0.408 e. The lowest BCUT2D eigenvalue weighted by Gasteiger charge is -2.15. The molecule has 1 N–H and O–H groups in total. The van der Waals surface area contributed by atoms with Gasteiger partial charge in [-0.3, -0.25) is 9.36 Å². The number of rotatable bonds is 6. The van der Waals surface area contributed by atoms with Gasteiger partial charge in [0.1, 0.15) is 6.54 Å². The maximum Gasteiger partial charge on any atom is 0.420 e. The Labute approximate surface area is 178 Å². The van der Waals surface area contributed by atoms with Crippen molar-refractivity contribution >= 4 is 38.6 Å². The van der Waals surface area contributed by atoms with E-state index in [1.165, 1.54) is 27.1 Å². The molecule has 158 valence electrons. The minimum absolute atomic E-state index is 0.0741. The number of sulfonamides is 1. The largest absolute Gasteiger partial charge is 0.420 e. The third kappa shape index (κ3) is 4.14. The summed E-state index contributed by atoms with van der Waals surface area (Å²) in [7, 11) is -3.63. The molecule has 8 nitrogen and oxygen atoms in total. The quantitative estimate of drug-likeness (QED) is 0.622. The average Bonchev–Trinajstić information content (AvgIpc) is 3.36. The van der Waals surface area contributed by atoms with Gasteiger partial charge < -0.3 is 9.73 Å². The zero-order chi connectivity index (χ0) is 21.3. The number of fused-ring (bicyclic) bond motifs is 1. The predicted molar refractivity (Wildman–Crippen MR) is 112 cm³/mol. The van der Waals surface area contributed by atoms with Gasteiger partial charge in [-0.25, -0.2) is 13.2 Å². The maximum atomic E-state index is 12.7. The minimum atomic E-state index is -3.63. The van der Waals surface area contributed by atoms with Crippen molar-refractivity contribution in [3.8, 4) is 0 Å². The molecular formula is C20H20ClN3O5S. The first kappa shape index (κ1) is 20.6. The second-order valence-corrected chi connectivity index (χ2v) is 9.47. The van der Waals surface area contributed by atoms with Gasteiger partial charge >= 0.3 is 5.76 Å². The van der Waals surface area contributed by atoms with Gasteiger partial charge in [0.05, 0.1) is 10.4 Å². The van der Waals surface area contributed by atoms with E-state index in [9.17, 15) is 18.0 Å². The Bertz CT molecular complexity index is 1240. The van der Waals surface area contributed by atoms with Gasteiger partial charge in [-0.05, 0) is 42.7 Å². The molecule has 3 aromatic rings. The van der Waals surface area contributed by atoms with Crippen molar-refractivity contribution < 1.29 is 17.6 Å². The lowest BCUT2D eigenvalue weighted by molar-refractivity contribution is -0.121. The third-order valence-electron chi connectivity index (χ3n) is 5.05. The Balaban J connectivity index is 1.52. The summed E-state index contributed by atoms with van der Waals surface area (Å²) < 4.78 is 33.2. The first-order chi connectivity index (χ1) is 14.3. The standard InChI is InChI=1S/C20H20ClN3O5S/c21-15-5-3-14(4-6-15)12-22-19(25)13-24-17-8-7-16(11-18(17)29-20(24)26)30(27,28)23-9-1-2-10-23/h3-8,11H,1-2,9-10,12-13H2,(H,22,25). The number of nitrogens with zero attached hydrogens (tertiary/aromatic N) is 2. The molecule has 1 aliphatic heterocycles. The van der Waals surface area contributed by atoms with Gasteiger partial charge in [0.25, 0.3) is 0 Å². The van der Waals surface area contributed by atoms with Crippen LogP contribution >= 0.6 is 11.6 Å². The number of oxazole rings is 1. The van der Waals surface area contributed by atoms with Crippen LogP contribution in [-0.4, -0.2) is 36.3 Å². The van der Waals surface area contributed by atoms with E-state index >= 15 is 0 Å². The molecule has 0 spiro atoms. The molecule has 0 unspecified atom stereocenters. The van der Waals surface area contributed by atoms with Crippen LogP contribution in [0.2, 0.25) is 5.02 Å². The van der Waals surface area contributed by atoms with Crippen LogP contribution in [0, 0.1) is 0 Å². The molecule has 0 saturated carbocycles. The Kier molecular flexibility index (Phi) is 5.68. The highest BCUT2D eigenvalue weighted by atomic mass is 35.5. The van der Waals surface area contributed by atoms with Gasteiger partial charge in [-0.1, -0.05) is 23.7 Å². The molecular weight excluding hydrogens is 430 g/mol. The summed E-state index contributed by atoms with van der Waals surface area (Å²) in [6.45, 7) is 1.02. The summed E-state index contributed by atoms with van der Waals surface area (Å²) in [6.07, 6.45) is 1.66. The van der Waals surface area contributed by atoms with E-state index in [0.717, 1.165) is 18.4 Å². The second kappa shape index (κ2) is 8.25. The monoisotopic (exact) mass is 449 g/mol. The van der Waals surface area contributed by atoms with Gasteiger partial charge in [0, 0.05) is 30.7 Å². The van der Waals surface area contributed by atoms with E-state index in [1.54, 1.807) is 24.3 Å². The summed E-state index contributed by atoms with van der Waals surface area (Å²) in [5.41, 5.74) is 1.36. The highest BCUT2D eigenvalue weighted by molar-refractivity contribution is 7.89. The van der Waals surface area contributed by atoms with Gasteiger partial charge in [0.2, 0.25) is 15.9 Å². The third-order valence-corrected chi connectivity index (χ3v) is 7.19. The zero-order valence-electron chi connectivity index (χ0n) is 16.0. The van der Waals surface area contributed by atoms with E-state index in [1.807, 2.05) is 0 Å². The van der Waals surface area contributed by atoms with Crippen molar-refractivity contribution in [2.24, 2.45) is 0 Å². The number of halogens is 1. The smallest absolute Gasteiger partial charge is 0.408 e. The maximum absolute atomic E-state index is 12.7. The Hall–Kier alpha value is -2.62. The molecule has 2 heterocycles. The Morgan fingerprint density at radius 3 is 2.50 bits per heavy atom. The summed E-state index contributed by atoms with van der Waals surface area (Å²) >= 11 is 5.84. The van der Waals surface area contributed by atoms with Crippen molar-refractivity contribution in [1.29, 1.82) is 0 Å². The van der Waals surface area contributed by atoms with E-state index in [0.29, 0.717) is 30.2 Å². The highest BCUT2D eigenvalue weighted by Gasteiger charge is 2.28. The number of aromatic nitrogens is 1. The number of benzene rings is 2. The molecule has 10 heteroatoms. The van der Waals surface area contributed by atoms with Crippen molar-refractivity contribution in [3.05, 3.63) is 63.6 Å². The molecule has 0 bridgehead atoms. The summed E-state index contributed by atoms with van der Waals surface area (Å²) in [5.74, 6) is -1.09. The summed E-state index contributed by atoms with van der Waals surface area (Å²) in [6, 6.07) is 11.3. The van der Waals surface area contributed by atoms with Crippen LogP contribution in [0.5, 0.6) is 0 Å². The number of hydrogen-bond acceptors (Lipinski definition) is 5. The van der Waals surface area contributed by atoms with Crippen LogP contribution in [0.1, 0.15) is 18.4 Å². The first-order valence-electron chi connectivity index (χ1n) is 9.49. The van der Waals surface area contributed by atoms with Crippen LogP contribution < -0.4 is 11.1 Å². The van der Waals surface area contributed by atoms with Gasteiger partial charge in [-0.2, -0.15) is 4.31 Å². The molecule has 2 aromatic carbocycles. The molecule has 1 aromatic heterocycles. The molecule has 30 heavy (non-hydrogen) atoms. The number of nitrogens with one attached hydrogen (secondary N) is 1. The first-order valence-corrected chi connectivity index (χ1v) is 11.3. The highest BCUT2D eigenvalue weighted by Crippen LogP contribution is 2.24. The average molecular weight is 450 g/mol. The fourth-order valence-corrected chi connectivity index (χ4v) is 5.10. The SMILES string of the molecule is O=C(Cn1c(=O)oc2cc(S(=O)(=O)N3CCCC3)ccc21)NCc1ccc(Cl)cc1. The van der Waals surface area contributed by atoms with Crippen molar-refractivity contribution in [1.82, 2.24) is 14.2 Å². The van der Waals surface area contributed by atoms with Crippen LogP contribution in [0.25, 0.3) is 11.1 Å². The fourth-order valence-electron chi connectivity index (χ4n) is 3.44.